The van der Waals surface area contributed by atoms with Crippen LogP contribution in [0.2, 0.25) is 0 Å². The first-order chi connectivity index (χ1) is 12.1. The number of likely N-dealkylation sites (tertiary alicyclic amines) is 1. The van der Waals surface area contributed by atoms with Gasteiger partial charge < -0.3 is 5.11 Å². The molecular weight excluding hydrogens is 316 g/mol. The van der Waals surface area contributed by atoms with E-state index in [2.05, 4.69) is 34.3 Å². The van der Waals surface area contributed by atoms with E-state index in [1.54, 1.807) is 6.20 Å². The lowest BCUT2D eigenvalue weighted by molar-refractivity contribution is -0.138. The standard InChI is InChI=1S/C19H26N4O2/c1-21(15-19(24)25)17-4-2-11-22(13-9-17)14-16-5-7-18(8-6-16)23-12-3-10-20-23/h3,5-8,10,12,17H,2,4,9,11,13-15H2,1H3,(H,24,25). The summed E-state index contributed by atoms with van der Waals surface area (Å²) >= 11 is 0. The number of benzene rings is 1. The van der Waals surface area contributed by atoms with E-state index < -0.39 is 5.97 Å². The van der Waals surface area contributed by atoms with E-state index in [-0.39, 0.29) is 6.54 Å². The Morgan fingerprint density at radius 2 is 2.08 bits per heavy atom. The zero-order chi connectivity index (χ0) is 17.6. The summed E-state index contributed by atoms with van der Waals surface area (Å²) in [6.07, 6.45) is 6.92. The van der Waals surface area contributed by atoms with Crippen molar-refractivity contribution in [2.75, 3.05) is 26.7 Å². The molecule has 1 N–H and O–H groups in total. The first-order valence-corrected chi connectivity index (χ1v) is 8.85. The number of nitrogens with zero attached hydrogens (tertiary/aromatic N) is 4. The molecule has 0 radical (unpaired) electrons. The van der Waals surface area contributed by atoms with Gasteiger partial charge in [-0.1, -0.05) is 12.1 Å². The molecule has 134 valence electrons. The molecule has 1 aromatic carbocycles. The highest BCUT2D eigenvalue weighted by molar-refractivity contribution is 5.69. The summed E-state index contributed by atoms with van der Waals surface area (Å²) in [4.78, 5) is 15.3. The highest BCUT2D eigenvalue weighted by atomic mass is 16.4. The Morgan fingerprint density at radius 1 is 1.28 bits per heavy atom. The van der Waals surface area contributed by atoms with Crippen molar-refractivity contribution >= 4 is 5.97 Å². The summed E-state index contributed by atoms with van der Waals surface area (Å²) in [5.74, 6) is -0.749. The second-order valence-electron chi connectivity index (χ2n) is 6.79. The number of aromatic nitrogens is 2. The van der Waals surface area contributed by atoms with Gasteiger partial charge in [-0.2, -0.15) is 5.10 Å². The Morgan fingerprint density at radius 3 is 2.76 bits per heavy atom. The van der Waals surface area contributed by atoms with Crippen LogP contribution in [0.1, 0.15) is 24.8 Å². The Bertz CT molecular complexity index is 669. The highest BCUT2D eigenvalue weighted by Crippen LogP contribution is 2.18. The molecule has 2 heterocycles. The predicted molar refractivity (Wildman–Crippen MR) is 96.7 cm³/mol. The first kappa shape index (κ1) is 17.6. The van der Waals surface area contributed by atoms with E-state index in [0.29, 0.717) is 6.04 Å². The summed E-state index contributed by atoms with van der Waals surface area (Å²) in [7, 11) is 1.92. The largest absolute Gasteiger partial charge is 0.480 e. The topological polar surface area (TPSA) is 61.6 Å². The summed E-state index contributed by atoms with van der Waals surface area (Å²) in [6, 6.07) is 10.8. The van der Waals surface area contributed by atoms with Crippen LogP contribution >= 0.6 is 0 Å². The molecule has 0 spiro atoms. The summed E-state index contributed by atoms with van der Waals surface area (Å²) in [6.45, 7) is 3.14. The quantitative estimate of drug-likeness (QED) is 0.872. The number of hydrogen-bond acceptors (Lipinski definition) is 4. The van der Waals surface area contributed by atoms with Crippen LogP contribution < -0.4 is 0 Å². The lowest BCUT2D eigenvalue weighted by atomic mass is 10.1. The van der Waals surface area contributed by atoms with Crippen LogP contribution in [-0.4, -0.2) is 63.4 Å². The van der Waals surface area contributed by atoms with Crippen LogP contribution in [0.3, 0.4) is 0 Å². The Hall–Kier alpha value is -2.18. The molecule has 2 aromatic rings. The Labute approximate surface area is 148 Å². The second kappa shape index (κ2) is 8.27. The number of carboxylic acids is 1. The molecule has 1 saturated heterocycles. The van der Waals surface area contributed by atoms with Gasteiger partial charge >= 0.3 is 5.97 Å². The minimum Gasteiger partial charge on any atom is -0.480 e. The Kier molecular flexibility index (Phi) is 5.83. The molecule has 1 aliphatic rings. The SMILES string of the molecule is CN(CC(=O)O)C1CCCN(Cc2ccc(-n3cccn3)cc2)CC1. The fourth-order valence-electron chi connectivity index (χ4n) is 3.51. The van der Waals surface area contributed by atoms with Crippen molar-refractivity contribution in [2.45, 2.75) is 31.8 Å². The van der Waals surface area contributed by atoms with Crippen LogP contribution in [0.25, 0.3) is 5.69 Å². The zero-order valence-corrected chi connectivity index (χ0v) is 14.7. The minimum atomic E-state index is -0.749. The number of likely N-dealkylation sites (N-methyl/N-ethyl adjacent to an activating group) is 1. The molecule has 0 amide bonds. The molecule has 3 rings (SSSR count). The predicted octanol–water partition coefficient (Wildman–Crippen LogP) is 2.24. The molecule has 1 fully saturated rings. The van der Waals surface area contributed by atoms with Crippen molar-refractivity contribution in [1.29, 1.82) is 0 Å². The molecule has 1 aromatic heterocycles. The van der Waals surface area contributed by atoms with Crippen LogP contribution in [0.15, 0.2) is 42.7 Å². The second-order valence-corrected chi connectivity index (χ2v) is 6.79. The molecular formula is C19H26N4O2. The summed E-state index contributed by atoms with van der Waals surface area (Å²) < 4.78 is 1.86. The average molecular weight is 342 g/mol. The summed E-state index contributed by atoms with van der Waals surface area (Å²) in [5, 5.41) is 13.2. The van der Waals surface area contributed by atoms with Gasteiger partial charge in [0.05, 0.1) is 12.2 Å². The number of rotatable bonds is 6. The third-order valence-corrected chi connectivity index (χ3v) is 4.91. The normalized spacial score (nSPS) is 19.0. The molecule has 0 bridgehead atoms. The van der Waals surface area contributed by atoms with Gasteiger partial charge in [-0.25, -0.2) is 4.68 Å². The van der Waals surface area contributed by atoms with E-state index in [4.69, 9.17) is 5.11 Å². The molecule has 6 heteroatoms. The fraction of sp³-hybridized carbons (Fsp3) is 0.474. The molecule has 6 nitrogen and oxygen atoms in total. The van der Waals surface area contributed by atoms with Gasteiger partial charge in [-0.15, -0.1) is 0 Å². The van der Waals surface area contributed by atoms with Gasteiger partial charge in [0.1, 0.15) is 0 Å². The van der Waals surface area contributed by atoms with E-state index in [0.717, 1.165) is 44.6 Å². The van der Waals surface area contributed by atoms with E-state index in [9.17, 15) is 4.79 Å². The molecule has 0 aliphatic carbocycles. The third kappa shape index (κ3) is 4.90. The van der Waals surface area contributed by atoms with Gasteiger partial charge in [0.2, 0.25) is 0 Å². The lowest BCUT2D eigenvalue weighted by Gasteiger charge is -2.25. The third-order valence-electron chi connectivity index (χ3n) is 4.91. The number of carboxylic acid groups (broad SMARTS) is 1. The van der Waals surface area contributed by atoms with Crippen molar-refractivity contribution in [3.63, 3.8) is 0 Å². The molecule has 25 heavy (non-hydrogen) atoms. The van der Waals surface area contributed by atoms with Crippen molar-refractivity contribution in [2.24, 2.45) is 0 Å². The maximum atomic E-state index is 10.9. The maximum absolute atomic E-state index is 10.9. The van der Waals surface area contributed by atoms with Gasteiger partial charge in [0.25, 0.3) is 0 Å². The van der Waals surface area contributed by atoms with Crippen LogP contribution in [0, 0.1) is 0 Å². The van der Waals surface area contributed by atoms with E-state index in [1.165, 1.54) is 5.56 Å². The van der Waals surface area contributed by atoms with Crippen LogP contribution in [0.5, 0.6) is 0 Å². The van der Waals surface area contributed by atoms with Gasteiger partial charge in [-0.05, 0) is 63.2 Å². The number of carbonyl (C=O) groups is 1. The first-order valence-electron chi connectivity index (χ1n) is 8.85. The fourth-order valence-corrected chi connectivity index (χ4v) is 3.51. The van der Waals surface area contributed by atoms with Gasteiger partial charge in [0, 0.05) is 25.0 Å². The monoisotopic (exact) mass is 342 g/mol. The molecule has 1 unspecified atom stereocenters. The summed E-state index contributed by atoms with van der Waals surface area (Å²) in [5.41, 5.74) is 2.37. The number of hydrogen-bond donors (Lipinski definition) is 1. The van der Waals surface area contributed by atoms with Crippen molar-refractivity contribution in [3.8, 4) is 5.69 Å². The molecule has 0 saturated carbocycles. The van der Waals surface area contributed by atoms with Crippen molar-refractivity contribution in [3.05, 3.63) is 48.3 Å². The van der Waals surface area contributed by atoms with Gasteiger partial charge in [0.15, 0.2) is 0 Å². The van der Waals surface area contributed by atoms with Crippen molar-refractivity contribution in [1.82, 2.24) is 19.6 Å². The van der Waals surface area contributed by atoms with Crippen LogP contribution in [-0.2, 0) is 11.3 Å². The van der Waals surface area contributed by atoms with Crippen LogP contribution in [0.4, 0.5) is 0 Å². The van der Waals surface area contributed by atoms with Gasteiger partial charge in [-0.3, -0.25) is 14.6 Å². The molecule has 1 aliphatic heterocycles. The smallest absolute Gasteiger partial charge is 0.317 e. The molecule has 1 atom stereocenters. The lowest BCUT2D eigenvalue weighted by Crippen LogP contribution is -2.36. The number of aliphatic carboxylic acids is 1. The highest BCUT2D eigenvalue weighted by Gasteiger charge is 2.21. The van der Waals surface area contributed by atoms with Crippen molar-refractivity contribution < 1.29 is 9.90 Å². The average Bonchev–Trinajstić information content (AvgIpc) is 3.02. The Balaban J connectivity index is 1.54. The van der Waals surface area contributed by atoms with E-state index in [1.807, 2.05) is 28.9 Å². The minimum absolute atomic E-state index is 0.125. The van der Waals surface area contributed by atoms with E-state index >= 15 is 0 Å². The zero-order valence-electron chi connectivity index (χ0n) is 14.7. The maximum Gasteiger partial charge on any atom is 0.317 e.